The molecule has 94 valence electrons. The summed E-state index contributed by atoms with van der Waals surface area (Å²) in [7, 11) is 0. The minimum absolute atomic E-state index is 0.109. The molecular formula is C10H14BrN3O2S. The monoisotopic (exact) mass is 319 g/mol. The maximum Gasteiger partial charge on any atom is 0.233 e. The van der Waals surface area contributed by atoms with Gasteiger partial charge in [0.1, 0.15) is 5.41 Å². The van der Waals surface area contributed by atoms with Gasteiger partial charge in [-0.05, 0) is 41.9 Å². The maximum absolute atomic E-state index is 11.9. The zero-order valence-electron chi connectivity index (χ0n) is 9.53. The third-order valence-corrected chi connectivity index (χ3v) is 3.99. The third kappa shape index (κ3) is 3.44. The number of rotatable bonds is 4. The van der Waals surface area contributed by atoms with Gasteiger partial charge >= 0.3 is 0 Å². The molecule has 0 saturated carbocycles. The van der Waals surface area contributed by atoms with Crippen LogP contribution in [-0.4, -0.2) is 17.0 Å². The van der Waals surface area contributed by atoms with Crippen LogP contribution in [0.5, 0.6) is 0 Å². The van der Waals surface area contributed by atoms with E-state index in [1.54, 1.807) is 25.2 Å². The lowest BCUT2D eigenvalue weighted by Crippen LogP contribution is -2.45. The van der Waals surface area contributed by atoms with Gasteiger partial charge in [0.25, 0.3) is 0 Å². The molecular weight excluding hydrogens is 306 g/mol. The molecule has 0 aliphatic rings. The van der Waals surface area contributed by atoms with E-state index in [1.807, 2.05) is 12.1 Å². The summed E-state index contributed by atoms with van der Waals surface area (Å²) in [5, 5.41) is 14.2. The fourth-order valence-corrected chi connectivity index (χ4v) is 2.50. The first-order valence-electron chi connectivity index (χ1n) is 4.88. The Morgan fingerprint density at radius 3 is 2.76 bits per heavy atom. The summed E-state index contributed by atoms with van der Waals surface area (Å²) in [5.41, 5.74) is 4.43. The number of carbonyl (C=O) groups excluding carboxylic acids is 1. The fourth-order valence-electron chi connectivity index (χ4n) is 1.08. The summed E-state index contributed by atoms with van der Waals surface area (Å²) in [6.07, 6.45) is 0. The molecule has 1 aromatic rings. The Hall–Kier alpha value is -1.08. The minimum Gasteiger partial charge on any atom is -0.409 e. The van der Waals surface area contributed by atoms with Crippen molar-refractivity contribution >= 4 is 39.0 Å². The second-order valence-corrected chi connectivity index (χ2v) is 6.55. The van der Waals surface area contributed by atoms with Crippen molar-refractivity contribution < 1.29 is 10.0 Å². The zero-order valence-corrected chi connectivity index (χ0v) is 11.9. The van der Waals surface area contributed by atoms with E-state index in [0.29, 0.717) is 6.54 Å². The number of nitrogens with two attached hydrogens (primary N) is 1. The van der Waals surface area contributed by atoms with Crippen LogP contribution in [0, 0.1) is 5.41 Å². The number of oxime groups is 1. The molecule has 0 spiro atoms. The predicted octanol–water partition coefficient (Wildman–Crippen LogP) is 1.90. The SMILES string of the molecule is CC(C)(C(=O)NCc1ccc(Br)s1)C(N)=NO. The van der Waals surface area contributed by atoms with Gasteiger partial charge in [0, 0.05) is 4.88 Å². The number of nitrogens with one attached hydrogen (secondary N) is 1. The molecule has 1 aromatic heterocycles. The van der Waals surface area contributed by atoms with Crippen LogP contribution in [0.25, 0.3) is 0 Å². The van der Waals surface area contributed by atoms with Crippen LogP contribution in [0.4, 0.5) is 0 Å². The molecule has 0 radical (unpaired) electrons. The van der Waals surface area contributed by atoms with Crippen LogP contribution < -0.4 is 11.1 Å². The molecule has 5 nitrogen and oxygen atoms in total. The van der Waals surface area contributed by atoms with E-state index in [1.165, 1.54) is 0 Å². The molecule has 0 aliphatic carbocycles. The molecule has 0 saturated heterocycles. The second-order valence-electron chi connectivity index (χ2n) is 4.00. The van der Waals surface area contributed by atoms with Gasteiger partial charge in [-0.25, -0.2) is 0 Å². The van der Waals surface area contributed by atoms with Gasteiger partial charge < -0.3 is 16.3 Å². The quantitative estimate of drug-likeness (QED) is 0.343. The number of hydrogen-bond donors (Lipinski definition) is 3. The largest absolute Gasteiger partial charge is 0.409 e. The minimum atomic E-state index is -1.02. The van der Waals surface area contributed by atoms with Crippen molar-refractivity contribution in [1.29, 1.82) is 0 Å². The maximum atomic E-state index is 11.9. The lowest BCUT2D eigenvalue weighted by atomic mass is 9.91. The van der Waals surface area contributed by atoms with Gasteiger partial charge in [-0.2, -0.15) is 0 Å². The number of amidine groups is 1. The summed E-state index contributed by atoms with van der Waals surface area (Å²) < 4.78 is 1.01. The predicted molar refractivity (Wildman–Crippen MR) is 71.1 cm³/mol. The Morgan fingerprint density at radius 2 is 2.29 bits per heavy atom. The standard InChI is InChI=1S/C10H14BrN3O2S/c1-10(2,8(12)14-16)9(15)13-5-6-3-4-7(11)17-6/h3-4,16H,5H2,1-2H3,(H2,12,14)(H,13,15). The highest BCUT2D eigenvalue weighted by atomic mass is 79.9. The van der Waals surface area contributed by atoms with E-state index >= 15 is 0 Å². The highest BCUT2D eigenvalue weighted by Gasteiger charge is 2.32. The van der Waals surface area contributed by atoms with Gasteiger partial charge in [0.2, 0.25) is 5.91 Å². The molecule has 0 aliphatic heterocycles. The average molecular weight is 320 g/mol. The number of carbonyl (C=O) groups is 1. The van der Waals surface area contributed by atoms with Gasteiger partial charge in [0.15, 0.2) is 5.84 Å². The van der Waals surface area contributed by atoms with Gasteiger partial charge in [-0.15, -0.1) is 11.3 Å². The van der Waals surface area contributed by atoms with E-state index in [-0.39, 0.29) is 11.7 Å². The van der Waals surface area contributed by atoms with Gasteiger partial charge in [-0.1, -0.05) is 5.16 Å². The molecule has 17 heavy (non-hydrogen) atoms. The van der Waals surface area contributed by atoms with Gasteiger partial charge in [-0.3, -0.25) is 4.79 Å². The first kappa shape index (κ1) is 14.0. The lowest BCUT2D eigenvalue weighted by molar-refractivity contribution is -0.126. The molecule has 1 heterocycles. The highest BCUT2D eigenvalue weighted by molar-refractivity contribution is 9.11. The fraction of sp³-hybridized carbons (Fsp3) is 0.400. The highest BCUT2D eigenvalue weighted by Crippen LogP contribution is 2.22. The Bertz CT molecular complexity index is 443. The normalized spacial score (nSPS) is 12.5. The van der Waals surface area contributed by atoms with Crippen LogP contribution in [-0.2, 0) is 11.3 Å². The van der Waals surface area contributed by atoms with Crippen LogP contribution in [0.1, 0.15) is 18.7 Å². The zero-order chi connectivity index (χ0) is 13.1. The summed E-state index contributed by atoms with van der Waals surface area (Å²) >= 11 is 4.89. The van der Waals surface area contributed by atoms with Crippen molar-refractivity contribution in [2.45, 2.75) is 20.4 Å². The molecule has 0 atom stereocenters. The van der Waals surface area contributed by atoms with Crippen molar-refractivity contribution in [3.8, 4) is 0 Å². The number of thiophene rings is 1. The average Bonchev–Trinajstić information content (AvgIpc) is 2.70. The molecule has 4 N–H and O–H groups in total. The van der Waals surface area contributed by atoms with E-state index in [9.17, 15) is 4.79 Å². The molecule has 1 amide bonds. The smallest absolute Gasteiger partial charge is 0.233 e. The number of amides is 1. The summed E-state index contributed by atoms with van der Waals surface area (Å²) in [6.45, 7) is 3.63. The van der Waals surface area contributed by atoms with Crippen molar-refractivity contribution in [2.24, 2.45) is 16.3 Å². The van der Waals surface area contributed by atoms with Crippen molar-refractivity contribution in [3.05, 3.63) is 20.8 Å². The van der Waals surface area contributed by atoms with Crippen molar-refractivity contribution in [1.82, 2.24) is 5.32 Å². The Balaban J connectivity index is 2.61. The number of hydrogen-bond acceptors (Lipinski definition) is 4. The van der Waals surface area contributed by atoms with E-state index in [2.05, 4.69) is 26.4 Å². The first-order chi connectivity index (χ1) is 7.87. The molecule has 0 aromatic carbocycles. The number of nitrogens with zero attached hydrogens (tertiary/aromatic N) is 1. The van der Waals surface area contributed by atoms with Crippen LogP contribution in [0.3, 0.4) is 0 Å². The van der Waals surface area contributed by atoms with E-state index in [4.69, 9.17) is 10.9 Å². The van der Waals surface area contributed by atoms with Gasteiger partial charge in [0.05, 0.1) is 10.3 Å². The molecule has 0 fully saturated rings. The van der Waals surface area contributed by atoms with Crippen LogP contribution in [0.15, 0.2) is 21.1 Å². The lowest BCUT2D eigenvalue weighted by Gasteiger charge is -2.21. The van der Waals surface area contributed by atoms with Crippen molar-refractivity contribution in [2.75, 3.05) is 0 Å². The summed E-state index contributed by atoms with van der Waals surface area (Å²) in [5.74, 6) is -0.389. The first-order valence-corrected chi connectivity index (χ1v) is 6.49. The topological polar surface area (TPSA) is 87.7 Å². The Morgan fingerprint density at radius 1 is 1.65 bits per heavy atom. The molecule has 0 bridgehead atoms. The molecule has 1 rings (SSSR count). The molecule has 7 heteroatoms. The molecule has 0 unspecified atom stereocenters. The van der Waals surface area contributed by atoms with E-state index < -0.39 is 5.41 Å². The van der Waals surface area contributed by atoms with Crippen LogP contribution in [0.2, 0.25) is 0 Å². The summed E-state index contributed by atoms with van der Waals surface area (Å²) in [6, 6.07) is 3.84. The third-order valence-electron chi connectivity index (χ3n) is 2.37. The number of halogens is 1. The van der Waals surface area contributed by atoms with Crippen LogP contribution >= 0.6 is 27.3 Å². The summed E-state index contributed by atoms with van der Waals surface area (Å²) in [4.78, 5) is 12.9. The second kappa shape index (κ2) is 5.50. The Labute approximate surface area is 112 Å². The Kier molecular flexibility index (Phi) is 4.53. The van der Waals surface area contributed by atoms with Crippen molar-refractivity contribution in [3.63, 3.8) is 0 Å². The van der Waals surface area contributed by atoms with E-state index in [0.717, 1.165) is 8.66 Å².